The Labute approximate surface area is 209 Å². The molecule has 1 aliphatic heterocycles. The van der Waals surface area contributed by atoms with E-state index in [0.717, 1.165) is 62.0 Å². The number of amides is 1. The Morgan fingerprint density at radius 3 is 2.60 bits per heavy atom. The summed E-state index contributed by atoms with van der Waals surface area (Å²) >= 11 is 0. The molecule has 7 nitrogen and oxygen atoms in total. The Hall–Kier alpha value is -2.19. The number of ether oxygens (including phenoxy) is 1. The average molecular weight is 502 g/mol. The molecule has 2 heterocycles. The monoisotopic (exact) mass is 501 g/mol. The van der Waals surface area contributed by atoms with Gasteiger partial charge in [0.2, 0.25) is 20.9 Å². The van der Waals surface area contributed by atoms with Gasteiger partial charge in [-0.25, -0.2) is 13.4 Å². The SMILES string of the molecule is Cc1cccc(CS(=O)(=O)c2ncc(CN(C[C@@H]3CCCO3)C(=O)C(C)C)n2C2CCCCC2)c1. The topological polar surface area (TPSA) is 81.5 Å². The van der Waals surface area contributed by atoms with E-state index in [4.69, 9.17) is 4.74 Å². The molecule has 1 saturated carbocycles. The maximum Gasteiger partial charge on any atom is 0.228 e. The van der Waals surface area contributed by atoms with E-state index < -0.39 is 9.84 Å². The van der Waals surface area contributed by atoms with Gasteiger partial charge in [0.05, 0.1) is 30.3 Å². The number of imidazole rings is 1. The van der Waals surface area contributed by atoms with Crippen molar-refractivity contribution in [3.8, 4) is 0 Å². The maximum absolute atomic E-state index is 13.6. The lowest BCUT2D eigenvalue weighted by Gasteiger charge is -2.30. The van der Waals surface area contributed by atoms with E-state index in [1.165, 1.54) is 6.42 Å². The van der Waals surface area contributed by atoms with Gasteiger partial charge in [-0.1, -0.05) is 62.9 Å². The number of sulfone groups is 1. The van der Waals surface area contributed by atoms with Crippen molar-refractivity contribution < 1.29 is 17.9 Å². The van der Waals surface area contributed by atoms with Crippen LogP contribution in [0.3, 0.4) is 0 Å². The van der Waals surface area contributed by atoms with Crippen LogP contribution >= 0.6 is 0 Å². The number of nitrogens with zero attached hydrogens (tertiary/aromatic N) is 3. The Bertz CT molecular complexity index is 1110. The first-order valence-corrected chi connectivity index (χ1v) is 14.6. The molecule has 0 radical (unpaired) electrons. The molecule has 8 heteroatoms. The Morgan fingerprint density at radius 1 is 1.17 bits per heavy atom. The summed E-state index contributed by atoms with van der Waals surface area (Å²) in [5.41, 5.74) is 2.59. The number of carbonyl (C=O) groups is 1. The lowest BCUT2D eigenvalue weighted by Crippen LogP contribution is -2.40. The van der Waals surface area contributed by atoms with Crippen LogP contribution in [0.15, 0.2) is 35.6 Å². The van der Waals surface area contributed by atoms with Gasteiger partial charge in [-0.2, -0.15) is 0 Å². The van der Waals surface area contributed by atoms with E-state index >= 15 is 0 Å². The number of benzene rings is 1. The fourth-order valence-electron chi connectivity index (χ4n) is 5.37. The molecule has 2 fully saturated rings. The van der Waals surface area contributed by atoms with E-state index in [1.54, 1.807) is 6.20 Å². The lowest BCUT2D eigenvalue weighted by atomic mass is 9.95. The van der Waals surface area contributed by atoms with Crippen molar-refractivity contribution in [1.29, 1.82) is 0 Å². The summed E-state index contributed by atoms with van der Waals surface area (Å²) in [7, 11) is -3.66. The average Bonchev–Trinajstić information content (AvgIpc) is 3.49. The quantitative estimate of drug-likeness (QED) is 0.491. The molecule has 1 aromatic carbocycles. The molecule has 1 aliphatic carbocycles. The fourth-order valence-corrected chi connectivity index (χ4v) is 6.89. The standard InChI is InChI=1S/C27H39N3O4S/c1-20(2)26(31)29(18-25-13-8-14-34-25)17-24-16-28-27(30(24)23-11-5-4-6-12-23)35(32,33)19-22-10-7-9-21(3)15-22/h7,9-10,15-16,20,23,25H,4-6,8,11-14,17-19H2,1-3H3/t25-/m0/s1. The van der Waals surface area contributed by atoms with Crippen LogP contribution in [0.5, 0.6) is 0 Å². The van der Waals surface area contributed by atoms with Crippen molar-refractivity contribution in [1.82, 2.24) is 14.5 Å². The zero-order valence-electron chi connectivity index (χ0n) is 21.3. The molecule has 0 unspecified atom stereocenters. The van der Waals surface area contributed by atoms with Crippen LogP contribution in [-0.2, 0) is 31.7 Å². The third-order valence-electron chi connectivity index (χ3n) is 7.10. The summed E-state index contributed by atoms with van der Waals surface area (Å²) in [5, 5.41) is 0.134. The molecule has 1 saturated heterocycles. The van der Waals surface area contributed by atoms with Gasteiger partial charge >= 0.3 is 0 Å². The molecule has 0 spiro atoms. The van der Waals surface area contributed by atoms with E-state index in [-0.39, 0.29) is 34.9 Å². The fraction of sp³-hybridized carbons (Fsp3) is 0.630. The molecule has 0 N–H and O–H groups in total. The van der Waals surface area contributed by atoms with Crippen molar-refractivity contribution in [2.75, 3.05) is 13.2 Å². The molecule has 1 atom stereocenters. The molecule has 0 bridgehead atoms. The third-order valence-corrected chi connectivity index (χ3v) is 8.67. The van der Waals surface area contributed by atoms with Gasteiger partial charge in [-0.05, 0) is 38.2 Å². The number of hydrogen-bond donors (Lipinski definition) is 0. The smallest absolute Gasteiger partial charge is 0.228 e. The molecule has 4 rings (SSSR count). The highest BCUT2D eigenvalue weighted by atomic mass is 32.2. The molecule has 1 aromatic heterocycles. The summed E-state index contributed by atoms with van der Waals surface area (Å²) in [5.74, 6) is -0.171. The predicted molar refractivity (Wildman–Crippen MR) is 136 cm³/mol. The van der Waals surface area contributed by atoms with Gasteiger partial charge in [0.1, 0.15) is 0 Å². The third kappa shape index (κ3) is 6.33. The van der Waals surface area contributed by atoms with Gasteiger partial charge < -0.3 is 14.2 Å². The molecule has 192 valence electrons. The second kappa shape index (κ2) is 11.2. The van der Waals surface area contributed by atoms with Gasteiger partial charge in [0.25, 0.3) is 0 Å². The summed E-state index contributed by atoms with van der Waals surface area (Å²) in [6.45, 7) is 7.38. The zero-order valence-corrected chi connectivity index (χ0v) is 22.1. The van der Waals surface area contributed by atoms with E-state index in [1.807, 2.05) is 54.5 Å². The minimum absolute atomic E-state index is 0.0354. The molecule has 1 amide bonds. The van der Waals surface area contributed by atoms with Crippen molar-refractivity contribution in [2.45, 2.75) is 95.3 Å². The Kier molecular flexibility index (Phi) is 8.32. The molecule has 35 heavy (non-hydrogen) atoms. The van der Waals surface area contributed by atoms with Crippen LogP contribution in [0.25, 0.3) is 0 Å². The van der Waals surface area contributed by atoms with Crippen molar-refractivity contribution in [3.63, 3.8) is 0 Å². The Morgan fingerprint density at radius 2 is 1.94 bits per heavy atom. The number of hydrogen-bond acceptors (Lipinski definition) is 5. The summed E-state index contributed by atoms with van der Waals surface area (Å²) in [6, 6.07) is 7.70. The Balaban J connectivity index is 1.67. The van der Waals surface area contributed by atoms with Crippen molar-refractivity contribution in [3.05, 3.63) is 47.3 Å². The van der Waals surface area contributed by atoms with Crippen LogP contribution in [0.1, 0.15) is 81.7 Å². The van der Waals surface area contributed by atoms with Crippen molar-refractivity contribution >= 4 is 15.7 Å². The number of carbonyl (C=O) groups excluding carboxylic acids is 1. The zero-order chi connectivity index (χ0) is 25.0. The highest BCUT2D eigenvalue weighted by Gasteiger charge is 2.31. The van der Waals surface area contributed by atoms with Crippen LogP contribution in [0.4, 0.5) is 0 Å². The maximum atomic E-state index is 13.6. The van der Waals surface area contributed by atoms with Crippen LogP contribution < -0.4 is 0 Å². The second-order valence-electron chi connectivity index (χ2n) is 10.5. The minimum atomic E-state index is -3.66. The summed E-state index contributed by atoms with van der Waals surface area (Å²) < 4.78 is 35.0. The van der Waals surface area contributed by atoms with Gasteiger partial charge in [0.15, 0.2) is 0 Å². The van der Waals surface area contributed by atoms with Crippen LogP contribution in [0.2, 0.25) is 0 Å². The molecule has 2 aromatic rings. The number of rotatable bonds is 9. The molecular weight excluding hydrogens is 462 g/mol. The second-order valence-corrected chi connectivity index (χ2v) is 12.3. The minimum Gasteiger partial charge on any atom is -0.376 e. The highest BCUT2D eigenvalue weighted by molar-refractivity contribution is 7.90. The predicted octanol–water partition coefficient (Wildman–Crippen LogP) is 4.83. The van der Waals surface area contributed by atoms with Crippen molar-refractivity contribution in [2.24, 2.45) is 5.92 Å². The first-order chi connectivity index (χ1) is 16.7. The summed E-state index contributed by atoms with van der Waals surface area (Å²) in [4.78, 5) is 19.4. The lowest BCUT2D eigenvalue weighted by molar-refractivity contribution is -0.136. The van der Waals surface area contributed by atoms with Crippen LogP contribution in [-0.4, -0.2) is 48.0 Å². The molecule has 2 aliphatic rings. The van der Waals surface area contributed by atoms with Gasteiger partial charge in [0, 0.05) is 25.1 Å². The summed E-state index contributed by atoms with van der Waals surface area (Å²) in [6.07, 6.45) is 8.84. The van der Waals surface area contributed by atoms with E-state index in [9.17, 15) is 13.2 Å². The number of aryl methyl sites for hydroxylation is 1. The van der Waals surface area contributed by atoms with Gasteiger partial charge in [-0.3, -0.25) is 4.79 Å². The van der Waals surface area contributed by atoms with E-state index in [2.05, 4.69) is 4.98 Å². The van der Waals surface area contributed by atoms with Gasteiger partial charge in [-0.15, -0.1) is 0 Å². The van der Waals surface area contributed by atoms with E-state index in [0.29, 0.717) is 13.1 Å². The first-order valence-electron chi connectivity index (χ1n) is 13.0. The largest absolute Gasteiger partial charge is 0.376 e. The normalized spacial score (nSPS) is 19.4. The number of aromatic nitrogens is 2. The van der Waals surface area contributed by atoms with Crippen LogP contribution in [0, 0.1) is 12.8 Å². The first kappa shape index (κ1) is 25.9. The highest BCUT2D eigenvalue weighted by Crippen LogP contribution is 2.33. The molecular formula is C27H39N3O4S.